The Balaban J connectivity index is 1.88. The van der Waals surface area contributed by atoms with Gasteiger partial charge in [0.2, 0.25) is 0 Å². The van der Waals surface area contributed by atoms with Crippen LogP contribution in [0, 0.1) is 0 Å². The van der Waals surface area contributed by atoms with E-state index in [9.17, 15) is 4.79 Å². The molecule has 1 amide bonds. The van der Waals surface area contributed by atoms with E-state index in [1.807, 2.05) is 24.3 Å². The fourth-order valence-electron chi connectivity index (χ4n) is 2.11. The molecular weight excluding hydrogens is 312 g/mol. The number of carbonyl (C=O) groups excluding carboxylic acids is 1. The van der Waals surface area contributed by atoms with Crippen molar-refractivity contribution < 1.29 is 9.53 Å². The maximum Gasteiger partial charge on any atom is 0.259 e. The number of carbonyl (C=O) groups is 1. The summed E-state index contributed by atoms with van der Waals surface area (Å²) in [6.07, 6.45) is 0. The molecule has 2 aromatic carbocycles. The molecule has 0 atom stereocenters. The van der Waals surface area contributed by atoms with Gasteiger partial charge in [0, 0.05) is 7.05 Å². The lowest BCUT2D eigenvalue weighted by atomic mass is 10.2. The number of benzene rings is 2. The Morgan fingerprint density at radius 3 is 2.87 bits per heavy atom. The molecule has 0 fully saturated rings. The molecule has 116 valence electrons. The lowest BCUT2D eigenvalue weighted by Crippen LogP contribution is -2.11. The van der Waals surface area contributed by atoms with Crippen LogP contribution in [0.15, 0.2) is 52.7 Å². The highest BCUT2D eigenvalue weighted by Crippen LogP contribution is 2.30. The lowest BCUT2D eigenvalue weighted by molar-refractivity contribution is 0.102. The molecule has 0 aliphatic heterocycles. The smallest absolute Gasteiger partial charge is 0.259 e. The highest BCUT2D eigenvalue weighted by atomic mass is 32.1. The predicted octanol–water partition coefficient (Wildman–Crippen LogP) is 4.27. The van der Waals surface area contributed by atoms with Gasteiger partial charge in [-0.05, 0) is 30.3 Å². The van der Waals surface area contributed by atoms with Crippen LogP contribution in [-0.2, 0) is 0 Å². The summed E-state index contributed by atoms with van der Waals surface area (Å²) in [5.74, 6) is 0.492. The molecule has 0 aliphatic rings. The second-order valence-corrected chi connectivity index (χ2v) is 5.65. The molecule has 7 heteroatoms. The van der Waals surface area contributed by atoms with Gasteiger partial charge < -0.3 is 4.74 Å². The summed E-state index contributed by atoms with van der Waals surface area (Å²) in [5.41, 5.74) is 1.79. The third-order valence-corrected chi connectivity index (χ3v) is 4.11. The zero-order valence-electron chi connectivity index (χ0n) is 12.6. The van der Waals surface area contributed by atoms with Gasteiger partial charge in [0.1, 0.15) is 5.75 Å². The summed E-state index contributed by atoms with van der Waals surface area (Å²) in [6.45, 7) is 0. The normalized spacial score (nSPS) is 11.0. The van der Waals surface area contributed by atoms with E-state index < -0.39 is 0 Å². The first-order chi connectivity index (χ1) is 11.2. The van der Waals surface area contributed by atoms with Gasteiger partial charge in [-0.1, -0.05) is 23.5 Å². The average Bonchev–Trinajstić information content (AvgIpc) is 2.96. The highest BCUT2D eigenvalue weighted by molar-refractivity contribution is 7.22. The number of hydrogen-bond donors (Lipinski definition) is 1. The first-order valence-corrected chi connectivity index (χ1v) is 7.67. The van der Waals surface area contributed by atoms with Crippen molar-refractivity contribution in [3.05, 3.63) is 48.0 Å². The van der Waals surface area contributed by atoms with Crippen LogP contribution >= 0.6 is 11.3 Å². The summed E-state index contributed by atoms with van der Waals surface area (Å²) >= 11 is 1.39. The summed E-state index contributed by atoms with van der Waals surface area (Å²) in [4.78, 5) is 16.8. The number of ether oxygens (including phenoxy) is 1. The van der Waals surface area contributed by atoms with Gasteiger partial charge in [-0.25, -0.2) is 4.98 Å². The monoisotopic (exact) mass is 326 g/mol. The van der Waals surface area contributed by atoms with Crippen LogP contribution in [0.25, 0.3) is 10.2 Å². The minimum absolute atomic E-state index is 0.265. The molecule has 1 aromatic heterocycles. The molecule has 0 saturated heterocycles. The first kappa shape index (κ1) is 15.1. The number of methoxy groups -OCH3 is 1. The number of azo groups is 1. The molecule has 23 heavy (non-hydrogen) atoms. The second-order valence-electron chi connectivity index (χ2n) is 4.62. The summed E-state index contributed by atoms with van der Waals surface area (Å²) in [5, 5.41) is 11.0. The molecule has 6 nitrogen and oxygen atoms in total. The van der Waals surface area contributed by atoms with E-state index in [2.05, 4.69) is 20.5 Å². The molecule has 0 unspecified atom stereocenters. The summed E-state index contributed by atoms with van der Waals surface area (Å²) in [7, 11) is 3.18. The zero-order chi connectivity index (χ0) is 16.2. The van der Waals surface area contributed by atoms with Crippen molar-refractivity contribution in [2.24, 2.45) is 10.2 Å². The molecule has 0 bridgehead atoms. The molecule has 0 radical (unpaired) electrons. The van der Waals surface area contributed by atoms with E-state index in [4.69, 9.17) is 4.74 Å². The Labute approximate surface area is 136 Å². The maximum absolute atomic E-state index is 12.4. The number of thiazole rings is 1. The van der Waals surface area contributed by atoms with Crippen molar-refractivity contribution in [3.63, 3.8) is 0 Å². The van der Waals surface area contributed by atoms with Crippen LogP contribution in [0.2, 0.25) is 0 Å². The van der Waals surface area contributed by atoms with Gasteiger partial charge in [-0.15, -0.1) is 0 Å². The number of hydrogen-bond acceptors (Lipinski definition) is 6. The largest absolute Gasteiger partial charge is 0.497 e. The van der Waals surface area contributed by atoms with E-state index >= 15 is 0 Å². The lowest BCUT2D eigenvalue weighted by Gasteiger charge is -2.03. The predicted molar refractivity (Wildman–Crippen MR) is 91.0 cm³/mol. The van der Waals surface area contributed by atoms with Gasteiger partial charge >= 0.3 is 0 Å². The summed E-state index contributed by atoms with van der Waals surface area (Å²) < 4.78 is 6.14. The minimum atomic E-state index is -0.265. The number of nitrogens with one attached hydrogen (secondary N) is 1. The van der Waals surface area contributed by atoms with Crippen LogP contribution in [0.4, 0.5) is 10.8 Å². The molecule has 0 aliphatic carbocycles. The van der Waals surface area contributed by atoms with E-state index in [0.717, 1.165) is 16.0 Å². The molecule has 0 saturated carbocycles. The van der Waals surface area contributed by atoms with Gasteiger partial charge in [0.05, 0.1) is 28.6 Å². The number of nitrogens with zero attached hydrogens (tertiary/aromatic N) is 3. The van der Waals surface area contributed by atoms with E-state index in [0.29, 0.717) is 16.4 Å². The van der Waals surface area contributed by atoms with Crippen molar-refractivity contribution in [2.45, 2.75) is 0 Å². The Morgan fingerprint density at radius 2 is 2.09 bits per heavy atom. The third-order valence-electron chi connectivity index (χ3n) is 3.17. The molecular formula is C16H14N4O2S. The Morgan fingerprint density at radius 1 is 1.26 bits per heavy atom. The Hall–Kier alpha value is -2.80. The van der Waals surface area contributed by atoms with Crippen LogP contribution in [0.3, 0.4) is 0 Å². The zero-order valence-corrected chi connectivity index (χ0v) is 13.4. The maximum atomic E-state index is 12.4. The number of fused-ring (bicyclic) bond motifs is 1. The minimum Gasteiger partial charge on any atom is -0.497 e. The van der Waals surface area contributed by atoms with Gasteiger partial charge in [-0.3, -0.25) is 10.1 Å². The topological polar surface area (TPSA) is 75.9 Å². The van der Waals surface area contributed by atoms with E-state index in [1.54, 1.807) is 32.4 Å². The van der Waals surface area contributed by atoms with E-state index in [-0.39, 0.29) is 5.91 Å². The van der Waals surface area contributed by atoms with Crippen molar-refractivity contribution >= 4 is 38.3 Å². The van der Waals surface area contributed by atoms with Crippen LogP contribution in [0.1, 0.15) is 10.4 Å². The standard InChI is InChI=1S/C16H14N4O2S/c1-17-20-12-6-4-3-5-11(12)15(21)19-16-18-13-8-7-10(22-2)9-14(13)23-16/h3-9H,1-2H3,(H,18,19,21). The average molecular weight is 326 g/mol. The van der Waals surface area contributed by atoms with Crippen LogP contribution in [0.5, 0.6) is 5.75 Å². The fourth-order valence-corrected chi connectivity index (χ4v) is 3.00. The number of aromatic nitrogens is 1. The SMILES string of the molecule is CN=Nc1ccccc1C(=O)Nc1nc2ccc(OC)cc2s1. The van der Waals surface area contributed by atoms with Crippen molar-refractivity contribution in [2.75, 3.05) is 19.5 Å². The van der Waals surface area contributed by atoms with Crippen molar-refractivity contribution in [1.82, 2.24) is 4.98 Å². The Bertz CT molecular complexity index is 889. The van der Waals surface area contributed by atoms with Gasteiger partial charge in [0.15, 0.2) is 5.13 Å². The number of rotatable bonds is 4. The molecule has 3 rings (SSSR count). The van der Waals surface area contributed by atoms with Crippen molar-refractivity contribution in [1.29, 1.82) is 0 Å². The number of anilines is 1. The quantitative estimate of drug-likeness (QED) is 0.727. The van der Waals surface area contributed by atoms with Crippen LogP contribution in [-0.4, -0.2) is 25.0 Å². The second kappa shape index (κ2) is 6.53. The van der Waals surface area contributed by atoms with Gasteiger partial charge in [0.25, 0.3) is 5.91 Å². The highest BCUT2D eigenvalue weighted by Gasteiger charge is 2.13. The van der Waals surface area contributed by atoms with Gasteiger partial charge in [-0.2, -0.15) is 10.2 Å². The molecule has 0 spiro atoms. The number of amides is 1. The Kier molecular flexibility index (Phi) is 4.29. The molecule has 1 heterocycles. The van der Waals surface area contributed by atoms with E-state index in [1.165, 1.54) is 11.3 Å². The molecule has 3 aromatic rings. The van der Waals surface area contributed by atoms with Crippen LogP contribution < -0.4 is 10.1 Å². The summed E-state index contributed by atoms with van der Waals surface area (Å²) in [6, 6.07) is 12.6. The molecule has 1 N–H and O–H groups in total. The fraction of sp³-hybridized carbons (Fsp3) is 0.125. The van der Waals surface area contributed by atoms with Crippen molar-refractivity contribution in [3.8, 4) is 5.75 Å². The third kappa shape index (κ3) is 3.19. The first-order valence-electron chi connectivity index (χ1n) is 6.86.